The van der Waals surface area contributed by atoms with Crippen LogP contribution in [0.25, 0.3) is 64.3 Å². The van der Waals surface area contributed by atoms with Gasteiger partial charge in [-0.2, -0.15) is 0 Å². The lowest BCUT2D eigenvalue weighted by molar-refractivity contribution is 1.56. The molecule has 0 unspecified atom stereocenters. The van der Waals surface area contributed by atoms with Crippen LogP contribution in [-0.4, -0.2) is 0 Å². The van der Waals surface area contributed by atoms with E-state index >= 15 is 0 Å². The van der Waals surface area contributed by atoms with E-state index in [0.29, 0.717) is 0 Å². The van der Waals surface area contributed by atoms with E-state index in [1.54, 1.807) is 0 Å². The molecule has 0 saturated carbocycles. The van der Waals surface area contributed by atoms with Crippen LogP contribution in [0.4, 0.5) is 11.4 Å². The van der Waals surface area contributed by atoms with Crippen molar-refractivity contribution in [3.8, 4) is 33.4 Å². The fourth-order valence-electron chi connectivity index (χ4n) is 6.00. The molecule has 2 heteroatoms. The number of hydrogen-bond donors (Lipinski definition) is 1. The van der Waals surface area contributed by atoms with Crippen molar-refractivity contribution in [2.45, 2.75) is 0 Å². The summed E-state index contributed by atoms with van der Waals surface area (Å²) in [5, 5.41) is 8.98. The molecule has 1 heterocycles. The van der Waals surface area contributed by atoms with Crippen molar-refractivity contribution in [2.75, 3.05) is 5.32 Å². The Labute approximate surface area is 249 Å². The highest BCUT2D eigenvalue weighted by atomic mass is 32.1. The van der Waals surface area contributed by atoms with Crippen LogP contribution in [0.3, 0.4) is 0 Å². The van der Waals surface area contributed by atoms with Crippen LogP contribution in [0.2, 0.25) is 0 Å². The first-order valence-electron chi connectivity index (χ1n) is 14.3. The van der Waals surface area contributed by atoms with Crippen molar-refractivity contribution in [3.05, 3.63) is 158 Å². The van der Waals surface area contributed by atoms with E-state index in [0.717, 1.165) is 11.4 Å². The van der Waals surface area contributed by atoms with Gasteiger partial charge in [-0.1, -0.05) is 133 Å². The van der Waals surface area contributed by atoms with E-state index in [9.17, 15) is 0 Å². The van der Waals surface area contributed by atoms with Gasteiger partial charge in [-0.05, 0) is 62.9 Å². The highest BCUT2D eigenvalue weighted by molar-refractivity contribution is 7.27. The Morgan fingerprint density at radius 1 is 0.405 bits per heavy atom. The SMILES string of the molecule is c1ccc(-c2ccc(-c3cccc(Nc4cccc5c4sc4c(-c6ccccc6)cc6ccccc6c45)c3)cc2)cc1. The minimum Gasteiger partial charge on any atom is -0.354 e. The highest BCUT2D eigenvalue weighted by Crippen LogP contribution is 2.46. The summed E-state index contributed by atoms with van der Waals surface area (Å²) >= 11 is 1.88. The Hall–Kier alpha value is -5.18. The summed E-state index contributed by atoms with van der Waals surface area (Å²) in [6.07, 6.45) is 0. The molecule has 0 aliphatic rings. The third kappa shape index (κ3) is 4.34. The van der Waals surface area contributed by atoms with Gasteiger partial charge in [0.2, 0.25) is 0 Å². The second-order valence-electron chi connectivity index (χ2n) is 10.6. The largest absolute Gasteiger partial charge is 0.354 e. The molecular formula is C40H27NS. The lowest BCUT2D eigenvalue weighted by Gasteiger charge is -2.10. The Morgan fingerprint density at radius 3 is 1.79 bits per heavy atom. The quantitative estimate of drug-likeness (QED) is 0.223. The monoisotopic (exact) mass is 553 g/mol. The molecule has 8 aromatic rings. The summed E-state index contributed by atoms with van der Waals surface area (Å²) in [6.45, 7) is 0. The summed E-state index contributed by atoms with van der Waals surface area (Å²) in [5.74, 6) is 0. The summed E-state index contributed by atoms with van der Waals surface area (Å²) in [4.78, 5) is 0. The van der Waals surface area contributed by atoms with Gasteiger partial charge in [0.25, 0.3) is 0 Å². The molecule has 198 valence electrons. The zero-order chi connectivity index (χ0) is 27.9. The summed E-state index contributed by atoms with van der Waals surface area (Å²) in [6, 6.07) is 56.6. The molecule has 0 atom stereocenters. The van der Waals surface area contributed by atoms with E-state index in [1.165, 1.54) is 64.3 Å². The Balaban J connectivity index is 1.21. The number of rotatable bonds is 5. The smallest absolute Gasteiger partial charge is 0.0590 e. The van der Waals surface area contributed by atoms with E-state index < -0.39 is 0 Å². The van der Waals surface area contributed by atoms with Crippen LogP contribution in [0.15, 0.2) is 158 Å². The van der Waals surface area contributed by atoms with E-state index in [2.05, 4.69) is 163 Å². The molecule has 1 aromatic heterocycles. The predicted octanol–water partition coefficient (Wildman–Crippen LogP) is 12.0. The minimum atomic E-state index is 1.08. The van der Waals surface area contributed by atoms with Crippen molar-refractivity contribution >= 4 is 53.7 Å². The van der Waals surface area contributed by atoms with Crippen LogP contribution in [-0.2, 0) is 0 Å². The second kappa shape index (κ2) is 10.3. The topological polar surface area (TPSA) is 12.0 Å². The Morgan fingerprint density at radius 2 is 1.00 bits per heavy atom. The first kappa shape index (κ1) is 24.6. The van der Waals surface area contributed by atoms with Crippen LogP contribution >= 0.6 is 11.3 Å². The summed E-state index contributed by atoms with van der Waals surface area (Å²) in [7, 11) is 0. The molecule has 0 bridgehead atoms. The van der Waals surface area contributed by atoms with Gasteiger partial charge in [-0.3, -0.25) is 0 Å². The second-order valence-corrected chi connectivity index (χ2v) is 11.7. The molecule has 0 fully saturated rings. The Kier molecular flexibility index (Phi) is 6.05. The van der Waals surface area contributed by atoms with Gasteiger partial charge in [0.1, 0.15) is 0 Å². The van der Waals surface area contributed by atoms with Gasteiger partial charge < -0.3 is 5.32 Å². The molecule has 0 saturated heterocycles. The maximum absolute atomic E-state index is 3.77. The highest BCUT2D eigenvalue weighted by Gasteiger charge is 2.16. The standard InChI is InChI=1S/C40H27NS/c1-3-11-27(12-4-1)28-21-23-29(24-22-28)31-16-9-17-33(25-31)41-37-20-10-19-35-38-34-18-8-7-15-32(34)26-36(40(38)42-39(35)37)30-13-5-2-6-14-30/h1-26,41H. The molecule has 8 rings (SSSR count). The zero-order valence-corrected chi connectivity index (χ0v) is 23.7. The zero-order valence-electron chi connectivity index (χ0n) is 22.9. The van der Waals surface area contributed by atoms with Crippen LogP contribution in [0, 0.1) is 0 Å². The number of hydrogen-bond acceptors (Lipinski definition) is 2. The van der Waals surface area contributed by atoms with Gasteiger partial charge in [-0.25, -0.2) is 0 Å². The molecule has 7 aromatic carbocycles. The third-order valence-electron chi connectivity index (χ3n) is 8.04. The molecular weight excluding hydrogens is 527 g/mol. The summed E-state index contributed by atoms with van der Waals surface area (Å²) in [5.41, 5.74) is 9.62. The molecule has 0 aliphatic carbocycles. The average molecular weight is 554 g/mol. The van der Waals surface area contributed by atoms with Crippen molar-refractivity contribution in [3.63, 3.8) is 0 Å². The van der Waals surface area contributed by atoms with E-state index in [4.69, 9.17) is 0 Å². The van der Waals surface area contributed by atoms with Crippen molar-refractivity contribution < 1.29 is 0 Å². The number of thiophene rings is 1. The molecule has 1 nitrogen and oxygen atoms in total. The van der Waals surface area contributed by atoms with Crippen LogP contribution in [0.1, 0.15) is 0 Å². The van der Waals surface area contributed by atoms with Gasteiger partial charge in [0, 0.05) is 26.7 Å². The van der Waals surface area contributed by atoms with E-state index in [-0.39, 0.29) is 0 Å². The van der Waals surface area contributed by atoms with Crippen LogP contribution in [0.5, 0.6) is 0 Å². The van der Waals surface area contributed by atoms with Crippen molar-refractivity contribution in [2.24, 2.45) is 0 Å². The first-order valence-corrected chi connectivity index (χ1v) is 15.1. The lowest BCUT2D eigenvalue weighted by atomic mass is 9.96. The molecule has 42 heavy (non-hydrogen) atoms. The number of fused-ring (bicyclic) bond motifs is 5. The van der Waals surface area contributed by atoms with Gasteiger partial charge in [0.05, 0.1) is 10.4 Å². The fraction of sp³-hybridized carbons (Fsp3) is 0. The first-order chi connectivity index (χ1) is 20.8. The predicted molar refractivity (Wildman–Crippen MR) is 183 cm³/mol. The molecule has 0 aliphatic heterocycles. The molecule has 0 spiro atoms. The molecule has 0 amide bonds. The van der Waals surface area contributed by atoms with Crippen LogP contribution < -0.4 is 5.32 Å². The average Bonchev–Trinajstić information content (AvgIpc) is 3.47. The molecule has 1 N–H and O–H groups in total. The van der Waals surface area contributed by atoms with Gasteiger partial charge in [0.15, 0.2) is 0 Å². The Bertz CT molecular complexity index is 2190. The number of benzene rings is 7. The minimum absolute atomic E-state index is 1.08. The van der Waals surface area contributed by atoms with Gasteiger partial charge in [-0.15, -0.1) is 11.3 Å². The van der Waals surface area contributed by atoms with Gasteiger partial charge >= 0.3 is 0 Å². The maximum atomic E-state index is 3.77. The van der Waals surface area contributed by atoms with E-state index in [1.807, 2.05) is 11.3 Å². The number of anilines is 2. The fourth-order valence-corrected chi connectivity index (χ4v) is 7.32. The van der Waals surface area contributed by atoms with Crippen molar-refractivity contribution in [1.82, 2.24) is 0 Å². The third-order valence-corrected chi connectivity index (χ3v) is 9.31. The number of nitrogens with one attached hydrogen (secondary N) is 1. The van der Waals surface area contributed by atoms with Crippen molar-refractivity contribution in [1.29, 1.82) is 0 Å². The normalized spacial score (nSPS) is 11.3. The lowest BCUT2D eigenvalue weighted by Crippen LogP contribution is -1.91. The summed E-state index contributed by atoms with van der Waals surface area (Å²) < 4.78 is 2.61. The maximum Gasteiger partial charge on any atom is 0.0590 e. The molecule has 0 radical (unpaired) electrons.